The highest BCUT2D eigenvalue weighted by Crippen LogP contribution is 2.37. The first-order valence-electron chi connectivity index (χ1n) is 7.25. The summed E-state index contributed by atoms with van der Waals surface area (Å²) in [5, 5.41) is 3.08. The normalized spacial score (nSPS) is 19.9. The number of nitrogens with one attached hydrogen (secondary N) is 1. The molecule has 3 nitrogen and oxygen atoms in total. The molecule has 1 fully saturated rings. The van der Waals surface area contributed by atoms with E-state index < -0.39 is 8.32 Å². The molecule has 1 unspecified atom stereocenters. The van der Waals surface area contributed by atoms with Gasteiger partial charge in [0.15, 0.2) is 0 Å². The molecule has 1 aliphatic rings. The first-order valence-corrected chi connectivity index (χ1v) is 10.2. The molecule has 110 valence electrons. The average Bonchev–Trinajstić information content (AvgIpc) is 2.75. The van der Waals surface area contributed by atoms with Gasteiger partial charge in [-0.05, 0) is 35.8 Å². The number of carbonyl (C=O) groups is 1. The lowest BCUT2D eigenvalue weighted by Gasteiger charge is -2.36. The Hall–Kier alpha value is -1.29. The van der Waals surface area contributed by atoms with E-state index in [9.17, 15) is 4.79 Å². The van der Waals surface area contributed by atoms with E-state index in [1.807, 2.05) is 12.1 Å². The zero-order valence-electron chi connectivity index (χ0n) is 13.1. The molecule has 1 saturated heterocycles. The Morgan fingerprint density at radius 1 is 1.20 bits per heavy atom. The number of carbonyl (C=O) groups excluding carboxylic acids is 1. The van der Waals surface area contributed by atoms with Crippen LogP contribution in [0.4, 0.5) is 0 Å². The predicted octanol–water partition coefficient (Wildman–Crippen LogP) is 3.67. The van der Waals surface area contributed by atoms with Gasteiger partial charge in [-0.15, -0.1) is 0 Å². The van der Waals surface area contributed by atoms with E-state index in [0.717, 1.165) is 12.3 Å². The maximum absolute atomic E-state index is 11.3. The summed E-state index contributed by atoms with van der Waals surface area (Å²) in [6, 6.07) is 8.26. The summed E-state index contributed by atoms with van der Waals surface area (Å²) in [5.74, 6) is 1.40. The molecule has 0 aliphatic carbocycles. The second-order valence-electron chi connectivity index (χ2n) is 7.14. The van der Waals surface area contributed by atoms with Crippen LogP contribution < -0.4 is 9.74 Å². The van der Waals surface area contributed by atoms with E-state index in [0.29, 0.717) is 12.3 Å². The third kappa shape index (κ3) is 3.23. The first-order chi connectivity index (χ1) is 9.19. The van der Waals surface area contributed by atoms with E-state index in [-0.39, 0.29) is 10.9 Å². The molecule has 0 spiro atoms. The molecule has 1 amide bonds. The first kappa shape index (κ1) is 15.1. The molecule has 0 saturated carbocycles. The number of amides is 1. The van der Waals surface area contributed by atoms with Crippen molar-refractivity contribution in [3.05, 3.63) is 29.8 Å². The van der Waals surface area contributed by atoms with E-state index in [1.54, 1.807) is 0 Å². The van der Waals surface area contributed by atoms with E-state index in [4.69, 9.17) is 4.43 Å². The van der Waals surface area contributed by atoms with Gasteiger partial charge in [0.1, 0.15) is 5.75 Å². The van der Waals surface area contributed by atoms with Crippen LogP contribution in [0.5, 0.6) is 5.75 Å². The second kappa shape index (κ2) is 5.24. The van der Waals surface area contributed by atoms with Gasteiger partial charge in [-0.1, -0.05) is 32.9 Å². The minimum Gasteiger partial charge on any atom is -0.544 e. The third-order valence-electron chi connectivity index (χ3n) is 4.51. The highest BCUT2D eigenvalue weighted by Gasteiger charge is 2.38. The molecule has 1 aromatic rings. The molecule has 1 aliphatic heterocycles. The van der Waals surface area contributed by atoms with Crippen LogP contribution >= 0.6 is 0 Å². The van der Waals surface area contributed by atoms with Gasteiger partial charge in [-0.3, -0.25) is 4.79 Å². The molecule has 4 heteroatoms. The van der Waals surface area contributed by atoms with Crippen molar-refractivity contribution < 1.29 is 9.22 Å². The maximum atomic E-state index is 11.3. The van der Waals surface area contributed by atoms with Crippen LogP contribution in [0.25, 0.3) is 0 Å². The van der Waals surface area contributed by atoms with Gasteiger partial charge in [-0.25, -0.2) is 0 Å². The second-order valence-corrected chi connectivity index (χ2v) is 11.9. The van der Waals surface area contributed by atoms with Gasteiger partial charge in [0.25, 0.3) is 0 Å². The largest absolute Gasteiger partial charge is 0.544 e. The summed E-state index contributed by atoms with van der Waals surface area (Å²) in [4.78, 5) is 11.3. The molecule has 20 heavy (non-hydrogen) atoms. The van der Waals surface area contributed by atoms with Crippen LogP contribution in [0.3, 0.4) is 0 Å². The minimum absolute atomic E-state index is 0.150. The van der Waals surface area contributed by atoms with Crippen molar-refractivity contribution in [1.29, 1.82) is 0 Å². The molecule has 1 N–H and O–H groups in total. The Kier molecular flexibility index (Phi) is 3.96. The van der Waals surface area contributed by atoms with Crippen molar-refractivity contribution in [2.45, 2.75) is 51.2 Å². The monoisotopic (exact) mass is 291 g/mol. The zero-order chi connectivity index (χ0) is 15.0. The van der Waals surface area contributed by atoms with Crippen LogP contribution in [-0.2, 0) is 4.79 Å². The Balaban J connectivity index is 2.07. The van der Waals surface area contributed by atoms with Gasteiger partial charge >= 0.3 is 0 Å². The third-order valence-corrected chi connectivity index (χ3v) is 8.87. The summed E-state index contributed by atoms with van der Waals surface area (Å²) in [6.07, 6.45) is 0.600. The quantitative estimate of drug-likeness (QED) is 0.863. The summed E-state index contributed by atoms with van der Waals surface area (Å²) in [6.45, 7) is 12.0. The smallest absolute Gasteiger partial charge is 0.250 e. The molecule has 1 atom stereocenters. The van der Waals surface area contributed by atoms with E-state index in [2.05, 4.69) is 51.3 Å². The molecule has 2 rings (SSSR count). The minimum atomic E-state index is -1.77. The van der Waals surface area contributed by atoms with Crippen molar-refractivity contribution in [2.24, 2.45) is 0 Å². The number of benzene rings is 1. The average molecular weight is 291 g/mol. The van der Waals surface area contributed by atoms with Crippen molar-refractivity contribution in [3.8, 4) is 5.75 Å². The fourth-order valence-corrected chi connectivity index (χ4v) is 3.13. The van der Waals surface area contributed by atoms with Gasteiger partial charge in [-0.2, -0.15) is 0 Å². The lowest BCUT2D eigenvalue weighted by molar-refractivity contribution is -0.119. The molecule has 0 radical (unpaired) electrons. The highest BCUT2D eigenvalue weighted by molar-refractivity contribution is 6.74. The van der Waals surface area contributed by atoms with E-state index >= 15 is 0 Å². The van der Waals surface area contributed by atoms with Gasteiger partial charge in [0.2, 0.25) is 14.2 Å². The molecule has 1 heterocycles. The van der Waals surface area contributed by atoms with Crippen LogP contribution in [0.1, 0.15) is 38.7 Å². The van der Waals surface area contributed by atoms with Gasteiger partial charge in [0.05, 0.1) is 0 Å². The standard InChI is InChI=1S/C16H25NO2Si/c1-16(2,3)20(4,5)19-14-8-6-12(7-9-14)13-10-15(18)17-11-13/h6-9,13H,10-11H2,1-5H3,(H,17,18). The topological polar surface area (TPSA) is 38.3 Å². The molecule has 0 aromatic heterocycles. The Morgan fingerprint density at radius 3 is 2.25 bits per heavy atom. The molecule has 1 aromatic carbocycles. The van der Waals surface area contributed by atoms with Crippen LogP contribution in [0.2, 0.25) is 18.1 Å². The van der Waals surface area contributed by atoms with Crippen molar-refractivity contribution in [2.75, 3.05) is 6.54 Å². The summed E-state index contributed by atoms with van der Waals surface area (Å²) < 4.78 is 6.26. The number of hydrogen-bond donors (Lipinski definition) is 1. The maximum Gasteiger partial charge on any atom is 0.250 e. The number of rotatable bonds is 3. The van der Waals surface area contributed by atoms with Crippen molar-refractivity contribution >= 4 is 14.2 Å². The van der Waals surface area contributed by atoms with Crippen LogP contribution in [0, 0.1) is 0 Å². The predicted molar refractivity (Wildman–Crippen MR) is 84.6 cm³/mol. The Bertz CT molecular complexity index is 488. The lowest BCUT2D eigenvalue weighted by Crippen LogP contribution is -2.43. The SMILES string of the molecule is CC(C)(C)[Si](C)(C)Oc1ccc(C2CNC(=O)C2)cc1. The van der Waals surface area contributed by atoms with Gasteiger partial charge in [0, 0.05) is 18.9 Å². The van der Waals surface area contributed by atoms with Crippen LogP contribution in [0.15, 0.2) is 24.3 Å². The Labute approximate surface area is 122 Å². The summed E-state index contributed by atoms with van der Waals surface area (Å²) >= 11 is 0. The molecular formula is C16H25NO2Si. The highest BCUT2D eigenvalue weighted by atomic mass is 28.4. The fourth-order valence-electron chi connectivity index (χ4n) is 2.10. The summed E-state index contributed by atoms with van der Waals surface area (Å²) in [7, 11) is -1.77. The lowest BCUT2D eigenvalue weighted by atomic mass is 9.98. The van der Waals surface area contributed by atoms with E-state index in [1.165, 1.54) is 5.56 Å². The van der Waals surface area contributed by atoms with Gasteiger partial charge < -0.3 is 9.74 Å². The zero-order valence-corrected chi connectivity index (χ0v) is 14.1. The van der Waals surface area contributed by atoms with Crippen molar-refractivity contribution in [3.63, 3.8) is 0 Å². The fraction of sp³-hybridized carbons (Fsp3) is 0.562. The molecule has 0 bridgehead atoms. The van der Waals surface area contributed by atoms with Crippen LogP contribution in [-0.4, -0.2) is 20.8 Å². The summed E-state index contributed by atoms with van der Waals surface area (Å²) in [5.41, 5.74) is 1.21. The molecular weight excluding hydrogens is 266 g/mol. The van der Waals surface area contributed by atoms with Crippen molar-refractivity contribution in [1.82, 2.24) is 5.32 Å². The number of hydrogen-bond acceptors (Lipinski definition) is 2. The Morgan fingerprint density at radius 2 is 1.80 bits per heavy atom.